The molecule has 0 amide bonds. The summed E-state index contributed by atoms with van der Waals surface area (Å²) in [6.07, 6.45) is 0.324. The average molecular weight is 432 g/mol. The normalized spacial score (nSPS) is 23.2. The number of hydrogen-bond donors (Lipinski definition) is 0. The van der Waals surface area contributed by atoms with Gasteiger partial charge in [-0.3, -0.25) is 0 Å². The van der Waals surface area contributed by atoms with E-state index in [1.165, 1.54) is 0 Å². The first-order chi connectivity index (χ1) is 5.52. The predicted molar refractivity (Wildman–Crippen MR) is 62.8 cm³/mol. The maximum Gasteiger partial charge on any atom is 0.126 e. The molecule has 0 aromatic heterocycles. The highest BCUT2D eigenvalue weighted by Crippen LogP contribution is 2.38. The van der Waals surface area contributed by atoms with Gasteiger partial charge >= 0.3 is 0 Å². The SMILES string of the molecule is BrC(Br)C(Br)(Br)COCC1CO1. The van der Waals surface area contributed by atoms with E-state index in [-0.39, 0.29) is 6.97 Å². The van der Waals surface area contributed by atoms with Crippen LogP contribution in [0.2, 0.25) is 0 Å². The minimum atomic E-state index is -0.255. The molecule has 0 spiro atoms. The summed E-state index contributed by atoms with van der Waals surface area (Å²) in [5, 5.41) is 0. The van der Waals surface area contributed by atoms with Gasteiger partial charge in [0.1, 0.15) is 9.34 Å². The molecule has 1 unspecified atom stereocenters. The molecular weight excluding hydrogens is 424 g/mol. The molecule has 12 heavy (non-hydrogen) atoms. The fraction of sp³-hybridized carbons (Fsp3) is 1.00. The zero-order valence-corrected chi connectivity index (χ0v) is 12.4. The van der Waals surface area contributed by atoms with Crippen LogP contribution in [0.1, 0.15) is 0 Å². The number of rotatable bonds is 5. The first-order valence-corrected chi connectivity index (χ1v) is 6.79. The maximum atomic E-state index is 5.40. The Balaban J connectivity index is 2.10. The summed E-state index contributed by atoms with van der Waals surface area (Å²) in [6.45, 7) is 2.09. The Morgan fingerprint density at radius 3 is 2.50 bits per heavy atom. The van der Waals surface area contributed by atoms with Crippen molar-refractivity contribution in [1.82, 2.24) is 0 Å². The highest BCUT2D eigenvalue weighted by molar-refractivity contribution is 9.30. The number of epoxide rings is 1. The van der Waals surface area contributed by atoms with E-state index < -0.39 is 0 Å². The first-order valence-electron chi connectivity index (χ1n) is 3.37. The van der Waals surface area contributed by atoms with E-state index in [2.05, 4.69) is 63.7 Å². The molecule has 1 aliphatic rings. The summed E-state index contributed by atoms with van der Waals surface area (Å²) in [6, 6.07) is 0. The Bertz CT molecular complexity index is 146. The van der Waals surface area contributed by atoms with Crippen molar-refractivity contribution in [2.24, 2.45) is 0 Å². The largest absolute Gasteiger partial charge is 0.376 e. The topological polar surface area (TPSA) is 21.8 Å². The van der Waals surface area contributed by atoms with Crippen molar-refractivity contribution in [2.45, 2.75) is 13.1 Å². The van der Waals surface area contributed by atoms with Crippen LogP contribution >= 0.6 is 63.7 Å². The molecule has 0 N–H and O–H groups in total. The van der Waals surface area contributed by atoms with Crippen molar-refractivity contribution in [2.75, 3.05) is 19.8 Å². The lowest BCUT2D eigenvalue weighted by atomic mass is 10.5. The average Bonchev–Trinajstić information content (AvgIpc) is 2.70. The van der Waals surface area contributed by atoms with Gasteiger partial charge in [-0.15, -0.1) is 0 Å². The molecule has 0 saturated carbocycles. The summed E-state index contributed by atoms with van der Waals surface area (Å²) in [4.78, 5) is 0. The fourth-order valence-electron chi connectivity index (χ4n) is 0.554. The fourth-order valence-corrected chi connectivity index (χ4v) is 1.14. The molecule has 1 atom stereocenters. The molecule has 6 heteroatoms. The Morgan fingerprint density at radius 1 is 1.50 bits per heavy atom. The molecule has 1 rings (SSSR count). The summed E-state index contributed by atoms with van der Waals surface area (Å²) >= 11 is 13.7. The molecule has 0 aromatic carbocycles. The zero-order chi connectivity index (χ0) is 9.19. The highest BCUT2D eigenvalue weighted by atomic mass is 79.9. The second kappa shape index (κ2) is 5.07. The minimum absolute atomic E-state index is 0.123. The molecule has 0 aromatic rings. The van der Waals surface area contributed by atoms with E-state index in [0.717, 1.165) is 6.61 Å². The van der Waals surface area contributed by atoms with Gasteiger partial charge in [-0.1, -0.05) is 63.7 Å². The predicted octanol–water partition coefficient (Wildman–Crippen LogP) is 3.00. The van der Waals surface area contributed by atoms with Crippen LogP contribution in [-0.2, 0) is 9.47 Å². The number of ether oxygens (including phenoxy) is 2. The standard InChI is InChI=1S/C6H8Br4O2/c7-5(8)6(9,10)3-11-1-4-2-12-4/h4-5H,1-3H2. The summed E-state index contributed by atoms with van der Waals surface area (Å²) in [5.74, 6) is 0. The second-order valence-electron chi connectivity index (χ2n) is 2.53. The van der Waals surface area contributed by atoms with Crippen molar-refractivity contribution < 1.29 is 9.47 Å². The third kappa shape index (κ3) is 4.37. The van der Waals surface area contributed by atoms with Gasteiger partial charge in [0.2, 0.25) is 0 Å². The molecular formula is C6H8Br4O2. The smallest absolute Gasteiger partial charge is 0.126 e. The highest BCUT2D eigenvalue weighted by Gasteiger charge is 2.31. The molecule has 0 aliphatic carbocycles. The van der Waals surface area contributed by atoms with Gasteiger partial charge in [-0.25, -0.2) is 0 Å². The van der Waals surface area contributed by atoms with Crippen LogP contribution in [0, 0.1) is 0 Å². The van der Waals surface area contributed by atoms with E-state index in [1.807, 2.05) is 0 Å². The number of halogens is 4. The Labute approximate surface area is 105 Å². The third-order valence-electron chi connectivity index (χ3n) is 1.32. The Morgan fingerprint density at radius 2 is 2.08 bits per heavy atom. The zero-order valence-electron chi connectivity index (χ0n) is 6.10. The van der Waals surface area contributed by atoms with Crippen LogP contribution in [0.3, 0.4) is 0 Å². The first kappa shape index (κ1) is 11.9. The van der Waals surface area contributed by atoms with Gasteiger partial charge < -0.3 is 9.47 Å². The van der Waals surface area contributed by atoms with Crippen LogP contribution in [0.25, 0.3) is 0 Å². The Kier molecular flexibility index (Phi) is 5.03. The number of hydrogen-bond acceptors (Lipinski definition) is 2. The van der Waals surface area contributed by atoms with Crippen LogP contribution in [0.5, 0.6) is 0 Å². The molecule has 72 valence electrons. The van der Waals surface area contributed by atoms with Crippen molar-refractivity contribution >= 4 is 63.7 Å². The quantitative estimate of drug-likeness (QED) is 0.493. The van der Waals surface area contributed by atoms with E-state index in [9.17, 15) is 0 Å². The lowest BCUT2D eigenvalue weighted by molar-refractivity contribution is 0.117. The molecule has 1 saturated heterocycles. The molecule has 0 radical (unpaired) electrons. The lowest BCUT2D eigenvalue weighted by Crippen LogP contribution is -2.27. The van der Waals surface area contributed by atoms with Crippen LogP contribution in [-0.4, -0.2) is 32.9 Å². The van der Waals surface area contributed by atoms with Gasteiger partial charge in [-0.05, 0) is 0 Å². The summed E-state index contributed by atoms with van der Waals surface area (Å²) < 4.78 is 10.3. The molecule has 0 bridgehead atoms. The summed E-state index contributed by atoms with van der Waals surface area (Å²) in [5.41, 5.74) is 0. The van der Waals surface area contributed by atoms with E-state index in [0.29, 0.717) is 19.3 Å². The molecule has 2 nitrogen and oxygen atoms in total. The van der Waals surface area contributed by atoms with E-state index in [4.69, 9.17) is 9.47 Å². The molecule has 1 aliphatic heterocycles. The van der Waals surface area contributed by atoms with Gasteiger partial charge in [0.05, 0.1) is 23.6 Å². The van der Waals surface area contributed by atoms with E-state index in [1.54, 1.807) is 0 Å². The van der Waals surface area contributed by atoms with Crippen molar-refractivity contribution in [3.8, 4) is 0 Å². The minimum Gasteiger partial charge on any atom is -0.376 e. The van der Waals surface area contributed by atoms with Crippen molar-refractivity contribution in [3.05, 3.63) is 0 Å². The van der Waals surface area contributed by atoms with Gasteiger partial charge in [0.15, 0.2) is 0 Å². The van der Waals surface area contributed by atoms with Gasteiger partial charge in [0.25, 0.3) is 0 Å². The van der Waals surface area contributed by atoms with Crippen LogP contribution < -0.4 is 0 Å². The van der Waals surface area contributed by atoms with E-state index >= 15 is 0 Å². The lowest BCUT2D eigenvalue weighted by Gasteiger charge is -2.21. The van der Waals surface area contributed by atoms with Gasteiger partial charge in [-0.2, -0.15) is 0 Å². The van der Waals surface area contributed by atoms with Crippen LogP contribution in [0.4, 0.5) is 0 Å². The van der Waals surface area contributed by atoms with Crippen molar-refractivity contribution in [3.63, 3.8) is 0 Å². The van der Waals surface area contributed by atoms with Gasteiger partial charge in [0, 0.05) is 0 Å². The van der Waals surface area contributed by atoms with Crippen LogP contribution in [0.15, 0.2) is 0 Å². The molecule has 1 heterocycles. The third-order valence-corrected chi connectivity index (χ3v) is 6.71. The number of alkyl halides is 4. The second-order valence-corrected chi connectivity index (χ2v) is 9.49. The maximum absolute atomic E-state index is 5.40. The Hall–Kier alpha value is 1.84. The summed E-state index contributed by atoms with van der Waals surface area (Å²) in [7, 11) is 0. The molecule has 1 fully saturated rings. The monoisotopic (exact) mass is 428 g/mol. The van der Waals surface area contributed by atoms with Crippen molar-refractivity contribution in [1.29, 1.82) is 0 Å².